The standard InChI is InChI=1S/C11H14F3NO3/c12-11(13,14)6-15(7-2-3-7)8(16)10(9(17)18)4-1-5-10/h7H,1-6H2,(H,17,18). The molecule has 0 aromatic carbocycles. The van der Waals surface area contributed by atoms with E-state index in [1.807, 2.05) is 0 Å². The van der Waals surface area contributed by atoms with E-state index < -0.39 is 36.1 Å². The van der Waals surface area contributed by atoms with Gasteiger partial charge in [-0.05, 0) is 25.7 Å². The third-order valence-corrected chi connectivity index (χ3v) is 3.62. The van der Waals surface area contributed by atoms with E-state index in [-0.39, 0.29) is 12.8 Å². The van der Waals surface area contributed by atoms with Crippen LogP contribution in [0.4, 0.5) is 13.2 Å². The molecular formula is C11H14F3NO3. The fraction of sp³-hybridized carbons (Fsp3) is 0.818. The summed E-state index contributed by atoms with van der Waals surface area (Å²) in [6.07, 6.45) is -2.58. The number of halogens is 3. The second-order valence-corrected chi connectivity index (χ2v) is 5.02. The molecule has 0 radical (unpaired) electrons. The van der Waals surface area contributed by atoms with Crippen molar-refractivity contribution in [1.82, 2.24) is 4.90 Å². The van der Waals surface area contributed by atoms with Crippen LogP contribution in [-0.4, -0.2) is 40.6 Å². The maximum absolute atomic E-state index is 12.4. The summed E-state index contributed by atoms with van der Waals surface area (Å²) in [7, 11) is 0. The van der Waals surface area contributed by atoms with Crippen LogP contribution in [0, 0.1) is 5.41 Å². The summed E-state index contributed by atoms with van der Waals surface area (Å²) in [6.45, 7) is -1.34. The molecule has 0 heterocycles. The zero-order chi connectivity index (χ0) is 13.6. The largest absolute Gasteiger partial charge is 0.480 e. The third kappa shape index (κ3) is 2.30. The highest BCUT2D eigenvalue weighted by Gasteiger charge is 2.56. The van der Waals surface area contributed by atoms with E-state index in [1.165, 1.54) is 0 Å². The van der Waals surface area contributed by atoms with Gasteiger partial charge in [0.25, 0.3) is 0 Å². The molecule has 2 saturated carbocycles. The maximum Gasteiger partial charge on any atom is 0.406 e. The Balaban J connectivity index is 2.15. The number of carbonyl (C=O) groups excluding carboxylic acids is 1. The SMILES string of the molecule is O=C(O)C1(C(=O)N(CC(F)(F)F)C2CC2)CCC1. The number of carboxylic acids is 1. The van der Waals surface area contributed by atoms with Gasteiger partial charge in [0.1, 0.15) is 12.0 Å². The number of hydrogen-bond donors (Lipinski definition) is 1. The van der Waals surface area contributed by atoms with Gasteiger partial charge in [0.05, 0.1) is 0 Å². The van der Waals surface area contributed by atoms with Crippen LogP contribution in [0.1, 0.15) is 32.1 Å². The predicted octanol–water partition coefficient (Wildman–Crippen LogP) is 1.79. The number of amides is 1. The van der Waals surface area contributed by atoms with Crippen LogP contribution >= 0.6 is 0 Å². The van der Waals surface area contributed by atoms with Gasteiger partial charge in [0.2, 0.25) is 5.91 Å². The van der Waals surface area contributed by atoms with E-state index in [2.05, 4.69) is 0 Å². The summed E-state index contributed by atoms with van der Waals surface area (Å²) in [5.74, 6) is -2.16. The normalized spacial score (nSPS) is 22.2. The van der Waals surface area contributed by atoms with Gasteiger partial charge in [-0.1, -0.05) is 6.42 Å². The molecule has 102 valence electrons. The average molecular weight is 265 g/mol. The van der Waals surface area contributed by atoms with E-state index >= 15 is 0 Å². The van der Waals surface area contributed by atoms with Gasteiger partial charge in [-0.25, -0.2) is 0 Å². The van der Waals surface area contributed by atoms with E-state index in [0.717, 1.165) is 0 Å². The number of hydrogen-bond acceptors (Lipinski definition) is 2. The van der Waals surface area contributed by atoms with Crippen LogP contribution in [0.2, 0.25) is 0 Å². The molecule has 0 unspecified atom stereocenters. The summed E-state index contributed by atoms with van der Waals surface area (Å²) in [4.78, 5) is 23.9. The lowest BCUT2D eigenvalue weighted by atomic mass is 9.67. The summed E-state index contributed by atoms with van der Waals surface area (Å²) in [5.41, 5.74) is -1.60. The Morgan fingerprint density at radius 2 is 1.83 bits per heavy atom. The summed E-state index contributed by atoms with van der Waals surface area (Å²) < 4.78 is 37.3. The lowest BCUT2D eigenvalue weighted by Gasteiger charge is -2.40. The molecule has 1 N–H and O–H groups in total. The van der Waals surface area contributed by atoms with Crippen molar-refractivity contribution in [3.05, 3.63) is 0 Å². The van der Waals surface area contributed by atoms with Gasteiger partial charge in [0, 0.05) is 6.04 Å². The first-order valence-electron chi connectivity index (χ1n) is 5.87. The summed E-state index contributed by atoms with van der Waals surface area (Å²) >= 11 is 0. The van der Waals surface area contributed by atoms with Crippen molar-refractivity contribution < 1.29 is 27.9 Å². The quantitative estimate of drug-likeness (QED) is 0.788. The first-order chi connectivity index (χ1) is 8.26. The molecule has 0 aromatic heterocycles. The molecule has 0 bridgehead atoms. The second-order valence-electron chi connectivity index (χ2n) is 5.02. The molecule has 2 rings (SSSR count). The van der Waals surface area contributed by atoms with Gasteiger partial charge in [-0.15, -0.1) is 0 Å². The summed E-state index contributed by atoms with van der Waals surface area (Å²) in [6, 6.07) is -0.434. The minimum absolute atomic E-state index is 0.141. The number of rotatable bonds is 4. The van der Waals surface area contributed by atoms with Crippen LogP contribution in [0.5, 0.6) is 0 Å². The van der Waals surface area contributed by atoms with Crippen LogP contribution < -0.4 is 0 Å². The van der Waals surface area contributed by atoms with Crippen molar-refractivity contribution in [2.45, 2.75) is 44.3 Å². The Hall–Kier alpha value is -1.27. The number of nitrogens with zero attached hydrogens (tertiary/aromatic N) is 1. The molecule has 18 heavy (non-hydrogen) atoms. The smallest absolute Gasteiger partial charge is 0.406 e. The first-order valence-corrected chi connectivity index (χ1v) is 5.87. The van der Waals surface area contributed by atoms with Crippen molar-refractivity contribution in [1.29, 1.82) is 0 Å². The topological polar surface area (TPSA) is 57.6 Å². The molecule has 4 nitrogen and oxygen atoms in total. The zero-order valence-corrected chi connectivity index (χ0v) is 9.66. The van der Waals surface area contributed by atoms with E-state index in [0.29, 0.717) is 24.2 Å². The Morgan fingerprint density at radius 3 is 2.11 bits per heavy atom. The van der Waals surface area contributed by atoms with Crippen LogP contribution in [0.15, 0.2) is 0 Å². The fourth-order valence-electron chi connectivity index (χ4n) is 2.27. The summed E-state index contributed by atoms with van der Waals surface area (Å²) in [5, 5.41) is 9.07. The van der Waals surface area contributed by atoms with E-state index in [9.17, 15) is 22.8 Å². The molecular weight excluding hydrogens is 251 g/mol. The van der Waals surface area contributed by atoms with Crippen molar-refractivity contribution in [3.63, 3.8) is 0 Å². The second kappa shape index (κ2) is 4.13. The number of carboxylic acid groups (broad SMARTS) is 1. The number of alkyl halides is 3. The monoisotopic (exact) mass is 265 g/mol. The van der Waals surface area contributed by atoms with Gasteiger partial charge < -0.3 is 10.0 Å². The minimum atomic E-state index is -4.48. The van der Waals surface area contributed by atoms with E-state index in [1.54, 1.807) is 0 Å². The molecule has 0 aromatic rings. The lowest BCUT2D eigenvalue weighted by Crippen LogP contribution is -2.55. The van der Waals surface area contributed by atoms with Crippen molar-refractivity contribution >= 4 is 11.9 Å². The first kappa shape index (κ1) is 13.2. The highest BCUT2D eigenvalue weighted by atomic mass is 19.4. The predicted molar refractivity (Wildman–Crippen MR) is 54.7 cm³/mol. The Morgan fingerprint density at radius 1 is 1.28 bits per heavy atom. The highest BCUT2D eigenvalue weighted by Crippen LogP contribution is 2.45. The van der Waals surface area contributed by atoms with Crippen LogP contribution in [-0.2, 0) is 9.59 Å². The molecule has 2 aliphatic carbocycles. The van der Waals surface area contributed by atoms with Crippen LogP contribution in [0.3, 0.4) is 0 Å². The van der Waals surface area contributed by atoms with E-state index in [4.69, 9.17) is 5.11 Å². The molecule has 0 spiro atoms. The average Bonchev–Trinajstić information content (AvgIpc) is 2.92. The molecule has 7 heteroatoms. The molecule has 0 saturated heterocycles. The van der Waals surface area contributed by atoms with Crippen molar-refractivity contribution in [2.24, 2.45) is 5.41 Å². The van der Waals surface area contributed by atoms with Gasteiger partial charge in [0.15, 0.2) is 0 Å². The minimum Gasteiger partial charge on any atom is -0.480 e. The van der Waals surface area contributed by atoms with Crippen molar-refractivity contribution in [3.8, 4) is 0 Å². The number of aliphatic carboxylic acids is 1. The zero-order valence-electron chi connectivity index (χ0n) is 9.66. The van der Waals surface area contributed by atoms with Gasteiger partial charge >= 0.3 is 12.1 Å². The lowest BCUT2D eigenvalue weighted by molar-refractivity contribution is -0.180. The highest BCUT2D eigenvalue weighted by molar-refractivity contribution is 6.03. The fourth-order valence-corrected chi connectivity index (χ4v) is 2.27. The van der Waals surface area contributed by atoms with Gasteiger partial charge in [-0.2, -0.15) is 13.2 Å². The third-order valence-electron chi connectivity index (χ3n) is 3.62. The Kier molecular flexibility index (Phi) is 3.03. The molecule has 0 atom stereocenters. The Bertz CT molecular complexity index is 372. The Labute approximate surface area is 102 Å². The van der Waals surface area contributed by atoms with Gasteiger partial charge in [-0.3, -0.25) is 9.59 Å². The van der Waals surface area contributed by atoms with Crippen molar-refractivity contribution in [2.75, 3.05) is 6.54 Å². The molecule has 2 fully saturated rings. The molecule has 2 aliphatic rings. The van der Waals surface area contributed by atoms with Crippen LogP contribution in [0.25, 0.3) is 0 Å². The molecule has 0 aliphatic heterocycles. The number of carbonyl (C=O) groups is 2. The maximum atomic E-state index is 12.4. The molecule has 1 amide bonds.